The largest absolute Gasteiger partial charge is 0.438 e. The first-order valence-corrected chi connectivity index (χ1v) is 8.20. The van der Waals surface area contributed by atoms with Crippen molar-refractivity contribution in [3.05, 3.63) is 71.8 Å². The van der Waals surface area contributed by atoms with Crippen molar-refractivity contribution in [1.29, 1.82) is 0 Å². The Morgan fingerprint density at radius 2 is 1.62 bits per heavy atom. The maximum atomic E-state index is 12.7. The lowest BCUT2D eigenvalue weighted by atomic mass is 9.98. The normalized spacial score (nSPS) is 17.4. The molecule has 0 aromatic heterocycles. The molecule has 24 heavy (non-hydrogen) atoms. The number of hydrogen-bond donors (Lipinski definition) is 1. The van der Waals surface area contributed by atoms with E-state index in [1.165, 1.54) is 0 Å². The van der Waals surface area contributed by atoms with Gasteiger partial charge in [0.2, 0.25) is 0 Å². The Labute approximate surface area is 142 Å². The van der Waals surface area contributed by atoms with Crippen LogP contribution in [0, 0.1) is 0 Å². The van der Waals surface area contributed by atoms with Gasteiger partial charge < -0.3 is 14.8 Å². The van der Waals surface area contributed by atoms with E-state index >= 15 is 0 Å². The minimum atomic E-state index is -0.383. The smallest absolute Gasteiger partial charge is 0.342 e. The Morgan fingerprint density at radius 3 is 2.25 bits per heavy atom. The van der Waals surface area contributed by atoms with Gasteiger partial charge in [-0.3, -0.25) is 0 Å². The maximum absolute atomic E-state index is 12.7. The highest BCUT2D eigenvalue weighted by Crippen LogP contribution is 2.30. The van der Waals surface area contributed by atoms with Crippen molar-refractivity contribution in [1.82, 2.24) is 5.32 Å². The van der Waals surface area contributed by atoms with Gasteiger partial charge in [0.05, 0.1) is 17.9 Å². The quantitative estimate of drug-likeness (QED) is 0.653. The summed E-state index contributed by atoms with van der Waals surface area (Å²) in [6.45, 7) is 3.14. The number of benzene rings is 2. The maximum Gasteiger partial charge on any atom is 0.342 e. The Bertz CT molecular complexity index is 710. The lowest BCUT2D eigenvalue weighted by Crippen LogP contribution is -2.39. The number of cyclic esters (lactones) is 1. The van der Waals surface area contributed by atoms with Crippen LogP contribution in [0.25, 0.3) is 11.3 Å². The summed E-state index contributed by atoms with van der Waals surface area (Å²) in [6, 6.07) is 19.5. The van der Waals surface area contributed by atoms with Crippen LogP contribution in [-0.4, -0.2) is 25.4 Å². The van der Waals surface area contributed by atoms with Crippen LogP contribution in [0.4, 0.5) is 0 Å². The molecule has 2 aromatic carbocycles. The number of carbonyl (C=O) groups excluding carboxylic acids is 1. The first kappa shape index (κ1) is 16.3. The zero-order valence-electron chi connectivity index (χ0n) is 13.7. The molecule has 0 saturated carbocycles. The second-order valence-corrected chi connectivity index (χ2v) is 5.51. The third-order valence-corrected chi connectivity index (χ3v) is 3.86. The Hall–Kier alpha value is -2.59. The molecular formula is C20H21NO3. The molecule has 0 aliphatic carbocycles. The molecule has 124 valence electrons. The molecule has 3 rings (SSSR count). The highest BCUT2D eigenvalue weighted by atomic mass is 16.6. The molecule has 1 N–H and O–H groups in total. The van der Waals surface area contributed by atoms with Gasteiger partial charge in [0, 0.05) is 13.0 Å². The zero-order chi connectivity index (χ0) is 16.8. The number of ether oxygens (including phenoxy) is 2. The van der Waals surface area contributed by atoms with Crippen LogP contribution in [-0.2, 0) is 14.3 Å². The Balaban J connectivity index is 1.97. The number of carbonyl (C=O) groups is 1. The van der Waals surface area contributed by atoms with E-state index in [1.54, 1.807) is 0 Å². The second kappa shape index (κ2) is 7.79. The van der Waals surface area contributed by atoms with Crippen molar-refractivity contribution in [2.24, 2.45) is 0 Å². The van der Waals surface area contributed by atoms with Crippen molar-refractivity contribution in [2.45, 2.75) is 19.6 Å². The summed E-state index contributed by atoms with van der Waals surface area (Å²) in [5.41, 5.74) is 3.18. The molecule has 4 nitrogen and oxygen atoms in total. The van der Waals surface area contributed by atoms with E-state index in [0.717, 1.165) is 16.8 Å². The van der Waals surface area contributed by atoms with Crippen LogP contribution in [0.5, 0.6) is 0 Å². The molecular weight excluding hydrogens is 302 g/mol. The van der Waals surface area contributed by atoms with Gasteiger partial charge in [-0.2, -0.15) is 0 Å². The van der Waals surface area contributed by atoms with Gasteiger partial charge in [0.1, 0.15) is 0 Å². The third kappa shape index (κ3) is 3.66. The summed E-state index contributed by atoms with van der Waals surface area (Å²) >= 11 is 0. The second-order valence-electron chi connectivity index (χ2n) is 5.51. The van der Waals surface area contributed by atoms with Crippen LogP contribution in [0.3, 0.4) is 0 Å². The van der Waals surface area contributed by atoms with E-state index in [2.05, 4.69) is 5.32 Å². The van der Waals surface area contributed by atoms with Gasteiger partial charge in [-0.05, 0) is 18.1 Å². The molecule has 1 aliphatic rings. The lowest BCUT2D eigenvalue weighted by molar-refractivity contribution is -0.144. The van der Waals surface area contributed by atoms with Gasteiger partial charge in [0.15, 0.2) is 6.23 Å². The highest BCUT2D eigenvalue weighted by Gasteiger charge is 2.29. The summed E-state index contributed by atoms with van der Waals surface area (Å²) in [5, 5.41) is 3.36. The zero-order valence-corrected chi connectivity index (χ0v) is 13.7. The van der Waals surface area contributed by atoms with Crippen LogP contribution < -0.4 is 5.32 Å². The average molecular weight is 323 g/mol. The summed E-state index contributed by atoms with van der Waals surface area (Å²) < 4.78 is 10.9. The highest BCUT2D eigenvalue weighted by molar-refractivity contribution is 6.25. The molecule has 0 bridgehead atoms. The lowest BCUT2D eigenvalue weighted by Gasteiger charge is -2.29. The topological polar surface area (TPSA) is 47.6 Å². The third-order valence-electron chi connectivity index (χ3n) is 3.86. The molecule has 1 atom stereocenters. The van der Waals surface area contributed by atoms with Crippen LogP contribution in [0.1, 0.15) is 24.5 Å². The van der Waals surface area contributed by atoms with Crippen LogP contribution in [0.15, 0.2) is 60.7 Å². The molecule has 0 radical (unpaired) electrons. The number of esters is 1. The molecule has 0 fully saturated rings. The van der Waals surface area contributed by atoms with Gasteiger partial charge >= 0.3 is 5.97 Å². The number of nitrogens with one attached hydrogen (secondary N) is 1. The standard InChI is InChI=1S/C20H21NO3/c1-2-23-14-13-17-21-19(16-11-7-4-8-12-16)18(20(22)24-17)15-9-5-3-6-10-15/h3-12,17,21H,2,13-14H2,1H3. The van der Waals surface area contributed by atoms with Crippen molar-refractivity contribution >= 4 is 17.2 Å². The molecule has 1 heterocycles. The fraction of sp³-hybridized carbons (Fsp3) is 0.250. The van der Waals surface area contributed by atoms with Gasteiger partial charge in [-0.1, -0.05) is 60.7 Å². The summed E-state index contributed by atoms with van der Waals surface area (Å²) in [6.07, 6.45) is 0.226. The first-order chi connectivity index (χ1) is 11.8. The van der Waals surface area contributed by atoms with Crippen LogP contribution in [0.2, 0.25) is 0 Å². The fourth-order valence-electron chi connectivity index (χ4n) is 2.72. The SMILES string of the molecule is CCOCCC1NC(c2ccccc2)=C(c2ccccc2)C(=O)O1. The Kier molecular flexibility index (Phi) is 5.29. The van der Waals surface area contributed by atoms with Gasteiger partial charge in [-0.15, -0.1) is 0 Å². The minimum absolute atomic E-state index is 0.305. The Morgan fingerprint density at radius 1 is 1.00 bits per heavy atom. The summed E-state index contributed by atoms with van der Waals surface area (Å²) in [5.74, 6) is -0.305. The first-order valence-electron chi connectivity index (χ1n) is 8.20. The van der Waals surface area contributed by atoms with E-state index in [-0.39, 0.29) is 12.2 Å². The van der Waals surface area contributed by atoms with Crippen molar-refractivity contribution in [3.8, 4) is 0 Å². The summed E-state index contributed by atoms with van der Waals surface area (Å²) in [4.78, 5) is 12.7. The monoisotopic (exact) mass is 323 g/mol. The van der Waals surface area contributed by atoms with E-state index in [0.29, 0.717) is 25.2 Å². The predicted molar refractivity (Wildman–Crippen MR) is 93.8 cm³/mol. The molecule has 1 aliphatic heterocycles. The van der Waals surface area contributed by atoms with Crippen LogP contribution >= 0.6 is 0 Å². The van der Waals surface area contributed by atoms with Crippen molar-refractivity contribution < 1.29 is 14.3 Å². The van der Waals surface area contributed by atoms with Crippen molar-refractivity contribution in [3.63, 3.8) is 0 Å². The number of rotatable bonds is 6. The molecule has 2 aromatic rings. The van der Waals surface area contributed by atoms with Gasteiger partial charge in [0.25, 0.3) is 0 Å². The van der Waals surface area contributed by atoms with E-state index in [4.69, 9.17) is 9.47 Å². The van der Waals surface area contributed by atoms with E-state index in [1.807, 2.05) is 67.6 Å². The average Bonchev–Trinajstić information content (AvgIpc) is 2.63. The van der Waals surface area contributed by atoms with E-state index < -0.39 is 0 Å². The number of hydrogen-bond acceptors (Lipinski definition) is 4. The summed E-state index contributed by atoms with van der Waals surface area (Å²) in [7, 11) is 0. The molecule has 0 amide bonds. The molecule has 0 spiro atoms. The minimum Gasteiger partial charge on any atom is -0.438 e. The molecule has 0 saturated heterocycles. The predicted octanol–water partition coefficient (Wildman–Crippen LogP) is 3.45. The van der Waals surface area contributed by atoms with Crippen molar-refractivity contribution in [2.75, 3.05) is 13.2 Å². The van der Waals surface area contributed by atoms with E-state index in [9.17, 15) is 4.79 Å². The molecule has 4 heteroatoms. The molecule has 1 unspecified atom stereocenters. The fourth-order valence-corrected chi connectivity index (χ4v) is 2.72. The van der Waals surface area contributed by atoms with Gasteiger partial charge in [-0.25, -0.2) is 4.79 Å².